The first kappa shape index (κ1) is 24.3. The van der Waals surface area contributed by atoms with Crippen LogP contribution in [0.3, 0.4) is 0 Å². The molecule has 0 bridgehead atoms. The summed E-state index contributed by atoms with van der Waals surface area (Å²) in [5.41, 5.74) is 2.25. The van der Waals surface area contributed by atoms with Crippen molar-refractivity contribution in [3.63, 3.8) is 0 Å². The maximum absolute atomic E-state index is 12.9. The minimum absolute atomic E-state index is 0.0731. The first-order chi connectivity index (χ1) is 15.9. The second-order valence-corrected chi connectivity index (χ2v) is 8.62. The highest BCUT2D eigenvalue weighted by Crippen LogP contribution is 2.22. The van der Waals surface area contributed by atoms with Crippen LogP contribution in [0.25, 0.3) is 11.0 Å². The fraction of sp³-hybridized carbons (Fsp3) is 0.385. The lowest BCUT2D eigenvalue weighted by Gasteiger charge is -2.27. The highest BCUT2D eigenvalue weighted by atomic mass is 16.6. The number of nitrogens with one attached hydrogen (secondary N) is 1. The summed E-state index contributed by atoms with van der Waals surface area (Å²) in [6, 6.07) is 16.8. The third kappa shape index (κ3) is 6.83. The molecule has 0 spiro atoms. The van der Waals surface area contributed by atoms with Gasteiger partial charge in [0.05, 0.1) is 23.3 Å². The van der Waals surface area contributed by atoms with Gasteiger partial charge in [0.1, 0.15) is 6.10 Å². The molecule has 0 aliphatic carbocycles. The number of benzene rings is 2. The van der Waals surface area contributed by atoms with Gasteiger partial charge in [-0.15, -0.1) is 0 Å². The van der Waals surface area contributed by atoms with E-state index in [0.717, 1.165) is 5.56 Å². The Kier molecular flexibility index (Phi) is 8.49. The van der Waals surface area contributed by atoms with Crippen LogP contribution in [0.1, 0.15) is 42.7 Å². The van der Waals surface area contributed by atoms with Crippen molar-refractivity contribution in [2.75, 3.05) is 7.05 Å². The van der Waals surface area contributed by atoms with E-state index in [4.69, 9.17) is 4.74 Å². The molecule has 0 radical (unpaired) electrons. The van der Waals surface area contributed by atoms with Crippen LogP contribution in [0.15, 0.2) is 60.8 Å². The van der Waals surface area contributed by atoms with Gasteiger partial charge in [0.15, 0.2) is 5.69 Å². The lowest BCUT2D eigenvalue weighted by Crippen LogP contribution is -2.38. The zero-order valence-corrected chi connectivity index (χ0v) is 19.3. The average Bonchev–Trinajstić information content (AvgIpc) is 2.82. The van der Waals surface area contributed by atoms with E-state index in [0.29, 0.717) is 23.9 Å². The van der Waals surface area contributed by atoms with Gasteiger partial charge < -0.3 is 15.2 Å². The second-order valence-electron chi connectivity index (χ2n) is 8.62. The van der Waals surface area contributed by atoms with Crippen LogP contribution in [0.4, 0.5) is 0 Å². The predicted molar refractivity (Wildman–Crippen MR) is 127 cm³/mol. The van der Waals surface area contributed by atoms with E-state index in [-0.39, 0.29) is 29.9 Å². The van der Waals surface area contributed by atoms with Gasteiger partial charge in [0.25, 0.3) is 0 Å². The van der Waals surface area contributed by atoms with Crippen molar-refractivity contribution in [1.82, 2.24) is 15.3 Å². The molecule has 3 aromatic rings. The van der Waals surface area contributed by atoms with Crippen LogP contribution in [0.5, 0.6) is 0 Å². The van der Waals surface area contributed by atoms with Crippen molar-refractivity contribution in [3.05, 3.63) is 72.1 Å². The van der Waals surface area contributed by atoms with Crippen LogP contribution < -0.4 is 5.32 Å². The summed E-state index contributed by atoms with van der Waals surface area (Å²) in [6.07, 6.45) is 0.640. The molecule has 3 atom stereocenters. The van der Waals surface area contributed by atoms with Crippen molar-refractivity contribution >= 4 is 22.9 Å². The number of hydrogen-bond acceptors (Lipinski definition) is 6. The summed E-state index contributed by atoms with van der Waals surface area (Å²) in [7, 11) is 1.59. The molecule has 0 saturated heterocycles. The highest BCUT2D eigenvalue weighted by Gasteiger charge is 2.30. The number of amides is 1. The number of carbonyl (C=O) groups is 2. The molecule has 2 N–H and O–H groups in total. The zero-order chi connectivity index (χ0) is 23.8. The molecule has 7 nitrogen and oxygen atoms in total. The smallest absolute Gasteiger partial charge is 0.358 e. The normalized spacial score (nSPS) is 14.0. The van der Waals surface area contributed by atoms with Gasteiger partial charge in [-0.3, -0.25) is 9.78 Å². The van der Waals surface area contributed by atoms with E-state index in [1.807, 2.05) is 62.4 Å². The Labute approximate surface area is 194 Å². The van der Waals surface area contributed by atoms with Crippen molar-refractivity contribution in [2.45, 2.75) is 45.3 Å². The van der Waals surface area contributed by atoms with Gasteiger partial charge in [-0.2, -0.15) is 0 Å². The number of aromatic nitrogens is 2. The molecule has 2 aromatic carbocycles. The zero-order valence-electron chi connectivity index (χ0n) is 19.3. The van der Waals surface area contributed by atoms with E-state index in [2.05, 4.69) is 15.3 Å². The quantitative estimate of drug-likeness (QED) is 0.459. The van der Waals surface area contributed by atoms with E-state index in [1.54, 1.807) is 13.1 Å². The summed E-state index contributed by atoms with van der Waals surface area (Å²) < 4.78 is 5.75. The molecule has 0 aliphatic heterocycles. The number of hydrogen-bond donors (Lipinski definition) is 2. The number of rotatable bonds is 10. The molecular weight excluding hydrogens is 418 g/mol. The third-order valence-corrected chi connectivity index (χ3v) is 5.52. The number of aliphatic hydroxyl groups excluding tert-OH is 1. The molecule has 1 amide bonds. The molecule has 1 aromatic heterocycles. The fourth-order valence-corrected chi connectivity index (χ4v) is 3.88. The van der Waals surface area contributed by atoms with Crippen LogP contribution in [0.2, 0.25) is 0 Å². The van der Waals surface area contributed by atoms with Gasteiger partial charge in [-0.25, -0.2) is 9.78 Å². The third-order valence-electron chi connectivity index (χ3n) is 5.52. The molecule has 0 unspecified atom stereocenters. The molecule has 0 saturated carbocycles. The highest BCUT2D eigenvalue weighted by molar-refractivity contribution is 5.89. The van der Waals surface area contributed by atoms with Crippen molar-refractivity contribution in [3.8, 4) is 0 Å². The minimum Gasteiger partial charge on any atom is -0.454 e. The molecular formula is C26H31N3O4. The van der Waals surface area contributed by atoms with Gasteiger partial charge in [0.2, 0.25) is 5.91 Å². The first-order valence-corrected chi connectivity index (χ1v) is 11.2. The average molecular weight is 450 g/mol. The molecule has 174 valence electrons. The molecule has 0 fully saturated rings. The van der Waals surface area contributed by atoms with E-state index >= 15 is 0 Å². The topological polar surface area (TPSA) is 101 Å². The predicted octanol–water partition coefficient (Wildman–Crippen LogP) is 3.56. The number of fused-ring (bicyclic) bond motifs is 1. The second kappa shape index (κ2) is 11.5. The molecule has 1 heterocycles. The fourth-order valence-electron chi connectivity index (χ4n) is 3.88. The Morgan fingerprint density at radius 2 is 1.67 bits per heavy atom. The van der Waals surface area contributed by atoms with Crippen molar-refractivity contribution in [2.24, 2.45) is 11.8 Å². The van der Waals surface area contributed by atoms with E-state index in [9.17, 15) is 14.7 Å². The summed E-state index contributed by atoms with van der Waals surface area (Å²) in [5, 5.41) is 13.7. The Bertz CT molecular complexity index is 1070. The van der Waals surface area contributed by atoms with Gasteiger partial charge in [-0.05, 0) is 36.5 Å². The van der Waals surface area contributed by atoms with Crippen molar-refractivity contribution in [1.29, 1.82) is 0 Å². The monoisotopic (exact) mass is 449 g/mol. The van der Waals surface area contributed by atoms with Crippen LogP contribution >= 0.6 is 0 Å². The molecule has 33 heavy (non-hydrogen) atoms. The molecule has 0 aliphatic rings. The van der Waals surface area contributed by atoms with Gasteiger partial charge >= 0.3 is 5.97 Å². The van der Waals surface area contributed by atoms with Gasteiger partial charge in [-0.1, -0.05) is 56.3 Å². The van der Waals surface area contributed by atoms with Crippen LogP contribution in [-0.2, 0) is 16.0 Å². The molecule has 3 rings (SSSR count). The Morgan fingerprint density at radius 1 is 1.00 bits per heavy atom. The summed E-state index contributed by atoms with van der Waals surface area (Å²) in [4.78, 5) is 33.9. The van der Waals surface area contributed by atoms with Gasteiger partial charge in [0, 0.05) is 19.4 Å². The minimum atomic E-state index is -1.02. The largest absolute Gasteiger partial charge is 0.454 e. The first-order valence-electron chi connectivity index (χ1n) is 11.2. The van der Waals surface area contributed by atoms with E-state index < -0.39 is 18.2 Å². The number of nitrogens with zero attached hydrogens (tertiary/aromatic N) is 2. The van der Waals surface area contributed by atoms with E-state index in [1.165, 1.54) is 6.20 Å². The number of esters is 1. The lowest BCUT2D eigenvalue weighted by atomic mass is 9.88. The number of aliphatic hydroxyl groups is 1. The lowest BCUT2D eigenvalue weighted by molar-refractivity contribution is -0.126. The maximum Gasteiger partial charge on any atom is 0.358 e. The summed E-state index contributed by atoms with van der Waals surface area (Å²) >= 11 is 0. The Balaban J connectivity index is 1.81. The number of carbonyl (C=O) groups excluding carboxylic acids is 2. The summed E-state index contributed by atoms with van der Waals surface area (Å²) in [6.45, 7) is 4.06. The summed E-state index contributed by atoms with van der Waals surface area (Å²) in [5.74, 6) is -0.897. The standard InChI is InChI=1S/C26H31N3O4/c1-17(2)13-19(25(31)27-3)15-23(30)24(14-18-9-5-4-6-10-18)33-26(32)22-16-28-20-11-7-8-12-21(20)29-22/h4-12,16-17,19,23-24,30H,13-15H2,1-3H3,(H,27,31)/t19-,23+,24+/m1/s1. The van der Waals surface area contributed by atoms with Crippen molar-refractivity contribution < 1.29 is 19.4 Å². The molecule has 7 heteroatoms. The SMILES string of the molecule is CNC(=O)[C@H](CC(C)C)C[C@H](O)[C@H](Cc1ccccc1)OC(=O)c1cnc2ccccc2n1. The maximum atomic E-state index is 12.9. The number of ether oxygens (including phenoxy) is 1. The Hall–Kier alpha value is -3.32. The van der Waals surface area contributed by atoms with Crippen LogP contribution in [-0.4, -0.2) is 46.2 Å². The number of para-hydroxylation sites is 2. The Morgan fingerprint density at radius 3 is 2.33 bits per heavy atom. The van der Waals surface area contributed by atoms with Crippen LogP contribution in [0, 0.1) is 11.8 Å².